The molecule has 7 nitrogen and oxygen atoms in total. The zero-order valence-corrected chi connectivity index (χ0v) is 17.4. The van der Waals surface area contributed by atoms with Gasteiger partial charge in [-0.05, 0) is 35.7 Å². The molecule has 2 N–H and O–H groups in total. The van der Waals surface area contributed by atoms with Gasteiger partial charge >= 0.3 is 0 Å². The lowest BCUT2D eigenvalue weighted by molar-refractivity contribution is -0.123. The molecule has 0 unspecified atom stereocenters. The van der Waals surface area contributed by atoms with Crippen molar-refractivity contribution in [1.82, 2.24) is 19.8 Å². The molecule has 1 atom stereocenters. The van der Waals surface area contributed by atoms with E-state index in [1.807, 2.05) is 24.3 Å². The van der Waals surface area contributed by atoms with Gasteiger partial charge in [-0.25, -0.2) is 17.5 Å². The van der Waals surface area contributed by atoms with Crippen molar-refractivity contribution in [1.29, 1.82) is 0 Å². The Morgan fingerprint density at radius 2 is 1.80 bits per heavy atom. The fourth-order valence-corrected chi connectivity index (χ4v) is 4.40. The Morgan fingerprint density at radius 1 is 1.10 bits per heavy atom. The normalized spacial score (nSPS) is 12.7. The monoisotopic (exact) mass is 430 g/mol. The fourth-order valence-electron chi connectivity index (χ4n) is 2.97. The Bertz CT molecular complexity index is 1110. The van der Waals surface area contributed by atoms with E-state index >= 15 is 0 Å². The molecule has 1 amide bonds. The van der Waals surface area contributed by atoms with Gasteiger partial charge in [0.2, 0.25) is 15.9 Å². The molecule has 0 aliphatic heterocycles. The number of amides is 1. The number of nitrogens with one attached hydrogen (secondary N) is 2. The van der Waals surface area contributed by atoms with Gasteiger partial charge < -0.3 is 5.32 Å². The number of para-hydroxylation sites is 1. The quantitative estimate of drug-likeness (QED) is 0.575. The van der Waals surface area contributed by atoms with Gasteiger partial charge in [0.1, 0.15) is 16.8 Å². The molecule has 2 aromatic carbocycles. The van der Waals surface area contributed by atoms with Crippen LogP contribution in [0.4, 0.5) is 4.39 Å². The van der Waals surface area contributed by atoms with Gasteiger partial charge in [-0.3, -0.25) is 4.79 Å². The highest BCUT2D eigenvalue weighted by molar-refractivity contribution is 7.89. The Kier molecular flexibility index (Phi) is 6.63. The van der Waals surface area contributed by atoms with E-state index in [9.17, 15) is 17.6 Å². The van der Waals surface area contributed by atoms with Crippen LogP contribution in [0.3, 0.4) is 0 Å². The van der Waals surface area contributed by atoms with Crippen LogP contribution in [0.1, 0.15) is 19.4 Å². The molecule has 0 fully saturated rings. The molecule has 0 aliphatic carbocycles. The number of rotatable bonds is 8. The number of aromatic nitrogens is 2. The number of carbonyl (C=O) groups excluding carboxylic acids is 1. The summed E-state index contributed by atoms with van der Waals surface area (Å²) in [5.41, 5.74) is 1.62. The minimum absolute atomic E-state index is 0.180. The largest absolute Gasteiger partial charge is 0.351 e. The van der Waals surface area contributed by atoms with Gasteiger partial charge in [0, 0.05) is 18.9 Å². The van der Waals surface area contributed by atoms with E-state index in [2.05, 4.69) is 15.1 Å². The number of nitrogens with zero attached hydrogens (tertiary/aromatic N) is 2. The molecule has 1 heterocycles. The third-order valence-corrected chi connectivity index (χ3v) is 6.03. The van der Waals surface area contributed by atoms with Crippen LogP contribution in [0.25, 0.3) is 5.69 Å². The Balaban J connectivity index is 1.76. The van der Waals surface area contributed by atoms with Gasteiger partial charge in [-0.2, -0.15) is 9.82 Å². The number of hydrogen-bond acceptors (Lipinski definition) is 4. The lowest BCUT2D eigenvalue weighted by atomic mass is 10.0. The fraction of sp³-hybridized carbons (Fsp3) is 0.238. The van der Waals surface area contributed by atoms with Gasteiger partial charge in [-0.15, -0.1) is 0 Å². The molecule has 0 bridgehead atoms. The van der Waals surface area contributed by atoms with Crippen LogP contribution >= 0.6 is 0 Å². The maximum absolute atomic E-state index is 14.0. The summed E-state index contributed by atoms with van der Waals surface area (Å²) < 4.78 is 43.2. The molecule has 9 heteroatoms. The predicted molar refractivity (Wildman–Crippen MR) is 111 cm³/mol. The molecule has 158 valence electrons. The number of hydrogen-bond donors (Lipinski definition) is 2. The maximum atomic E-state index is 14.0. The van der Waals surface area contributed by atoms with Crippen LogP contribution in [0.5, 0.6) is 0 Å². The lowest BCUT2D eigenvalue weighted by Crippen LogP contribution is -2.49. The zero-order valence-electron chi connectivity index (χ0n) is 16.6. The van der Waals surface area contributed by atoms with Gasteiger partial charge in [-0.1, -0.05) is 44.2 Å². The molecular weight excluding hydrogens is 407 g/mol. The van der Waals surface area contributed by atoms with Crippen molar-refractivity contribution in [2.45, 2.75) is 31.3 Å². The number of sulfonamides is 1. The Hall–Kier alpha value is -3.04. The van der Waals surface area contributed by atoms with Crippen molar-refractivity contribution in [2.75, 3.05) is 0 Å². The van der Waals surface area contributed by atoms with E-state index in [1.165, 1.54) is 12.1 Å². The first-order valence-corrected chi connectivity index (χ1v) is 10.9. The second kappa shape index (κ2) is 9.19. The van der Waals surface area contributed by atoms with Gasteiger partial charge in [0.25, 0.3) is 0 Å². The first-order valence-electron chi connectivity index (χ1n) is 9.42. The van der Waals surface area contributed by atoms with Crippen LogP contribution in [-0.4, -0.2) is 30.1 Å². The van der Waals surface area contributed by atoms with Crippen LogP contribution < -0.4 is 10.0 Å². The van der Waals surface area contributed by atoms with Crippen molar-refractivity contribution in [3.8, 4) is 5.69 Å². The molecule has 0 aliphatic rings. The minimum Gasteiger partial charge on any atom is -0.351 e. The van der Waals surface area contributed by atoms with E-state index in [4.69, 9.17) is 0 Å². The van der Waals surface area contributed by atoms with Crippen LogP contribution in [0.15, 0.2) is 71.9 Å². The highest BCUT2D eigenvalue weighted by atomic mass is 32.2. The molecule has 3 aromatic rings. The van der Waals surface area contributed by atoms with E-state index in [0.717, 1.165) is 23.4 Å². The Morgan fingerprint density at radius 3 is 2.47 bits per heavy atom. The predicted octanol–water partition coefficient (Wildman–Crippen LogP) is 2.63. The van der Waals surface area contributed by atoms with Crippen molar-refractivity contribution in [2.24, 2.45) is 5.92 Å². The average Bonchev–Trinajstić information content (AvgIpc) is 3.25. The average molecular weight is 431 g/mol. The number of halogens is 1. The summed E-state index contributed by atoms with van der Waals surface area (Å²) in [5.74, 6) is -1.73. The summed E-state index contributed by atoms with van der Waals surface area (Å²) >= 11 is 0. The van der Waals surface area contributed by atoms with Crippen LogP contribution in [-0.2, 0) is 21.4 Å². The van der Waals surface area contributed by atoms with Crippen molar-refractivity contribution in [3.63, 3.8) is 0 Å². The second-order valence-electron chi connectivity index (χ2n) is 7.07. The molecule has 0 spiro atoms. The smallest absolute Gasteiger partial charge is 0.244 e. The van der Waals surface area contributed by atoms with Crippen molar-refractivity contribution < 1.29 is 17.6 Å². The highest BCUT2D eigenvalue weighted by Crippen LogP contribution is 2.16. The van der Waals surface area contributed by atoms with E-state index in [0.29, 0.717) is 0 Å². The molecule has 0 saturated carbocycles. The minimum atomic E-state index is -4.21. The van der Waals surface area contributed by atoms with Crippen LogP contribution in [0, 0.1) is 11.7 Å². The molecule has 30 heavy (non-hydrogen) atoms. The Labute approximate surface area is 175 Å². The number of benzene rings is 2. The summed E-state index contributed by atoms with van der Waals surface area (Å²) in [7, 11) is -4.21. The zero-order chi connectivity index (χ0) is 21.7. The molecular formula is C21H23FN4O3S. The topological polar surface area (TPSA) is 93.1 Å². The summed E-state index contributed by atoms with van der Waals surface area (Å²) in [6.45, 7) is 3.61. The molecule has 3 rings (SSSR count). The van der Waals surface area contributed by atoms with Crippen molar-refractivity contribution in [3.05, 3.63) is 78.4 Å². The molecule has 0 saturated heterocycles. The van der Waals surface area contributed by atoms with E-state index in [-0.39, 0.29) is 12.5 Å². The van der Waals surface area contributed by atoms with Gasteiger partial charge in [0.15, 0.2) is 0 Å². The van der Waals surface area contributed by atoms with E-state index < -0.39 is 32.7 Å². The summed E-state index contributed by atoms with van der Waals surface area (Å²) in [4.78, 5) is 12.3. The number of carbonyl (C=O) groups is 1. The lowest BCUT2D eigenvalue weighted by Gasteiger charge is -2.22. The maximum Gasteiger partial charge on any atom is 0.244 e. The second-order valence-corrected chi connectivity index (χ2v) is 8.75. The third-order valence-electron chi connectivity index (χ3n) is 4.55. The first-order chi connectivity index (χ1) is 14.3. The van der Waals surface area contributed by atoms with Crippen molar-refractivity contribution >= 4 is 15.9 Å². The highest BCUT2D eigenvalue weighted by Gasteiger charge is 2.29. The molecule has 0 radical (unpaired) electrons. The SMILES string of the molecule is CC(C)[C@H](NS(=O)(=O)c1ccccc1F)C(=O)NCc1ccccc1-n1cccn1. The first kappa shape index (κ1) is 21.7. The third kappa shape index (κ3) is 4.92. The van der Waals surface area contributed by atoms with Crippen LogP contribution in [0.2, 0.25) is 0 Å². The summed E-state index contributed by atoms with van der Waals surface area (Å²) in [6.07, 6.45) is 3.45. The molecule has 1 aromatic heterocycles. The van der Waals surface area contributed by atoms with Gasteiger partial charge in [0.05, 0.1) is 5.69 Å². The standard InChI is InChI=1S/C21H23FN4O3S/c1-15(2)20(25-30(28,29)19-11-6-4-9-17(19)22)21(27)23-14-16-8-3-5-10-18(16)26-13-7-12-24-26/h3-13,15,20,25H,14H2,1-2H3,(H,23,27)/t20-/m0/s1. The summed E-state index contributed by atoms with van der Waals surface area (Å²) in [6, 6.07) is 13.2. The summed E-state index contributed by atoms with van der Waals surface area (Å²) in [5, 5.41) is 6.98. The van der Waals surface area contributed by atoms with E-state index in [1.54, 1.807) is 37.0 Å².